The summed E-state index contributed by atoms with van der Waals surface area (Å²) in [5.41, 5.74) is 2.29. The standard InChI is InChI=1S/C15H16N4O2S/c1-9-7-11(17-19(9)3)14(20)16-15-18(2)12-6-5-10(21-4)8-13(12)22-15/h5-8H,1-4H3. The number of carbonyl (C=O) groups excluding carboxylic acids is 1. The largest absolute Gasteiger partial charge is 0.497 e. The monoisotopic (exact) mass is 316 g/mol. The van der Waals surface area contributed by atoms with Crippen molar-refractivity contribution in [1.29, 1.82) is 0 Å². The minimum absolute atomic E-state index is 0.335. The maximum atomic E-state index is 12.3. The van der Waals surface area contributed by atoms with E-state index in [1.54, 1.807) is 24.9 Å². The normalized spacial score (nSPS) is 12.1. The van der Waals surface area contributed by atoms with Crippen LogP contribution in [0.15, 0.2) is 29.3 Å². The van der Waals surface area contributed by atoms with Gasteiger partial charge >= 0.3 is 0 Å². The predicted octanol–water partition coefficient (Wildman–Crippen LogP) is 2.03. The van der Waals surface area contributed by atoms with Gasteiger partial charge in [0.15, 0.2) is 10.5 Å². The molecule has 0 unspecified atom stereocenters. The van der Waals surface area contributed by atoms with E-state index in [0.717, 1.165) is 21.7 Å². The Morgan fingerprint density at radius 3 is 2.73 bits per heavy atom. The molecule has 0 aliphatic carbocycles. The molecule has 6 nitrogen and oxygen atoms in total. The van der Waals surface area contributed by atoms with Crippen LogP contribution in [-0.4, -0.2) is 27.4 Å². The Balaban J connectivity index is 2.08. The summed E-state index contributed by atoms with van der Waals surface area (Å²) in [5.74, 6) is 0.449. The van der Waals surface area contributed by atoms with E-state index in [-0.39, 0.29) is 5.91 Å². The molecule has 0 bridgehead atoms. The van der Waals surface area contributed by atoms with E-state index in [9.17, 15) is 4.79 Å². The molecule has 0 saturated heterocycles. The van der Waals surface area contributed by atoms with Gasteiger partial charge in [-0.15, -0.1) is 0 Å². The number of benzene rings is 1. The molecule has 3 aromatic rings. The summed E-state index contributed by atoms with van der Waals surface area (Å²) in [4.78, 5) is 17.1. The number of methoxy groups -OCH3 is 1. The summed E-state index contributed by atoms with van der Waals surface area (Å²) in [5, 5.41) is 4.17. The molecule has 3 rings (SSSR count). The second-order valence-corrected chi connectivity index (χ2v) is 6.00. The molecule has 0 fully saturated rings. The van der Waals surface area contributed by atoms with Gasteiger partial charge in [0.2, 0.25) is 0 Å². The summed E-state index contributed by atoms with van der Waals surface area (Å²) in [6.07, 6.45) is 0. The van der Waals surface area contributed by atoms with E-state index in [2.05, 4.69) is 10.1 Å². The molecule has 0 aliphatic heterocycles. The molecule has 0 N–H and O–H groups in total. The lowest BCUT2D eigenvalue weighted by Crippen LogP contribution is -2.13. The van der Waals surface area contributed by atoms with E-state index in [0.29, 0.717) is 10.5 Å². The summed E-state index contributed by atoms with van der Waals surface area (Å²) >= 11 is 1.45. The van der Waals surface area contributed by atoms with Gasteiger partial charge in [0, 0.05) is 19.8 Å². The Kier molecular flexibility index (Phi) is 3.58. The van der Waals surface area contributed by atoms with Crippen molar-refractivity contribution in [3.63, 3.8) is 0 Å². The molecule has 0 saturated carbocycles. The Morgan fingerprint density at radius 1 is 1.32 bits per heavy atom. The van der Waals surface area contributed by atoms with Gasteiger partial charge in [0.25, 0.3) is 5.91 Å². The topological polar surface area (TPSA) is 61.4 Å². The van der Waals surface area contributed by atoms with Crippen LogP contribution in [0.3, 0.4) is 0 Å². The molecule has 22 heavy (non-hydrogen) atoms. The van der Waals surface area contributed by atoms with Crippen molar-refractivity contribution in [3.05, 3.63) is 40.5 Å². The fourth-order valence-corrected chi connectivity index (χ4v) is 3.20. The predicted molar refractivity (Wildman–Crippen MR) is 85.2 cm³/mol. The van der Waals surface area contributed by atoms with Crippen LogP contribution in [0.5, 0.6) is 5.75 Å². The smallest absolute Gasteiger partial charge is 0.300 e. The summed E-state index contributed by atoms with van der Waals surface area (Å²) in [6, 6.07) is 7.53. The number of aryl methyl sites for hydroxylation is 3. The third-order valence-electron chi connectivity index (χ3n) is 3.55. The average molecular weight is 316 g/mol. The van der Waals surface area contributed by atoms with Crippen LogP contribution < -0.4 is 9.54 Å². The third-order valence-corrected chi connectivity index (χ3v) is 4.64. The quantitative estimate of drug-likeness (QED) is 0.727. The molecule has 2 aromatic heterocycles. The minimum Gasteiger partial charge on any atom is -0.497 e. The molecular formula is C15H16N4O2S. The number of carbonyl (C=O) groups is 1. The van der Waals surface area contributed by atoms with Crippen molar-refractivity contribution in [2.24, 2.45) is 19.1 Å². The number of thiazole rings is 1. The molecule has 7 heteroatoms. The lowest BCUT2D eigenvalue weighted by atomic mass is 10.3. The number of amides is 1. The second-order valence-electron chi connectivity index (χ2n) is 4.99. The van der Waals surface area contributed by atoms with Crippen LogP contribution in [0, 0.1) is 6.92 Å². The van der Waals surface area contributed by atoms with Crippen molar-refractivity contribution in [1.82, 2.24) is 14.3 Å². The third kappa shape index (κ3) is 2.43. The van der Waals surface area contributed by atoms with Crippen molar-refractivity contribution in [2.45, 2.75) is 6.92 Å². The highest BCUT2D eigenvalue weighted by Crippen LogP contribution is 2.22. The van der Waals surface area contributed by atoms with E-state index >= 15 is 0 Å². The summed E-state index contributed by atoms with van der Waals surface area (Å²) in [7, 11) is 5.33. The highest BCUT2D eigenvalue weighted by Gasteiger charge is 2.11. The van der Waals surface area contributed by atoms with Gasteiger partial charge in [-0.1, -0.05) is 11.3 Å². The molecule has 114 valence electrons. The van der Waals surface area contributed by atoms with Gasteiger partial charge in [-0.2, -0.15) is 10.1 Å². The van der Waals surface area contributed by atoms with Crippen molar-refractivity contribution in [3.8, 4) is 5.75 Å². The van der Waals surface area contributed by atoms with Crippen LogP contribution in [-0.2, 0) is 14.1 Å². The van der Waals surface area contributed by atoms with E-state index < -0.39 is 0 Å². The number of nitrogens with zero attached hydrogens (tertiary/aromatic N) is 4. The molecule has 0 atom stereocenters. The highest BCUT2D eigenvalue weighted by molar-refractivity contribution is 7.16. The molecule has 0 aliphatic rings. The van der Waals surface area contributed by atoms with E-state index in [4.69, 9.17) is 4.74 Å². The fraction of sp³-hybridized carbons (Fsp3) is 0.267. The Morgan fingerprint density at radius 2 is 2.09 bits per heavy atom. The first-order valence-corrected chi connectivity index (χ1v) is 7.54. The number of aromatic nitrogens is 3. The number of hydrogen-bond donors (Lipinski definition) is 0. The van der Waals surface area contributed by atoms with Gasteiger partial charge in [0.05, 0.1) is 17.3 Å². The van der Waals surface area contributed by atoms with Gasteiger partial charge in [0.1, 0.15) is 5.75 Å². The Labute approximate surface area is 131 Å². The molecule has 0 spiro atoms. The summed E-state index contributed by atoms with van der Waals surface area (Å²) < 4.78 is 9.81. The second kappa shape index (κ2) is 5.42. The van der Waals surface area contributed by atoms with Crippen LogP contribution in [0.25, 0.3) is 10.2 Å². The van der Waals surface area contributed by atoms with Gasteiger partial charge in [-0.05, 0) is 31.2 Å². The minimum atomic E-state index is -0.335. The zero-order valence-electron chi connectivity index (χ0n) is 12.8. The SMILES string of the molecule is COc1ccc2c(c1)sc(=NC(=O)c1cc(C)n(C)n1)n2C. The van der Waals surface area contributed by atoms with E-state index in [1.165, 1.54) is 11.3 Å². The zero-order chi connectivity index (χ0) is 15.9. The van der Waals surface area contributed by atoms with Crippen molar-refractivity contribution < 1.29 is 9.53 Å². The first-order valence-electron chi connectivity index (χ1n) is 6.73. The molecule has 2 heterocycles. The molecule has 1 aromatic carbocycles. The highest BCUT2D eigenvalue weighted by atomic mass is 32.1. The number of hydrogen-bond acceptors (Lipinski definition) is 4. The number of ether oxygens (including phenoxy) is 1. The molecule has 0 radical (unpaired) electrons. The maximum Gasteiger partial charge on any atom is 0.300 e. The van der Waals surface area contributed by atoms with Crippen molar-refractivity contribution in [2.75, 3.05) is 7.11 Å². The van der Waals surface area contributed by atoms with Crippen LogP contribution in [0.1, 0.15) is 16.2 Å². The van der Waals surface area contributed by atoms with E-state index in [1.807, 2.05) is 36.7 Å². The van der Waals surface area contributed by atoms with Crippen LogP contribution >= 0.6 is 11.3 Å². The zero-order valence-corrected chi connectivity index (χ0v) is 13.6. The first-order chi connectivity index (χ1) is 10.5. The molecule has 1 amide bonds. The van der Waals surface area contributed by atoms with Gasteiger partial charge < -0.3 is 9.30 Å². The Bertz CT molecular complexity index is 913. The van der Waals surface area contributed by atoms with Crippen molar-refractivity contribution >= 4 is 27.5 Å². The maximum absolute atomic E-state index is 12.3. The van der Waals surface area contributed by atoms with Crippen LogP contribution in [0.4, 0.5) is 0 Å². The number of fused-ring (bicyclic) bond motifs is 1. The van der Waals surface area contributed by atoms with Crippen LogP contribution in [0.2, 0.25) is 0 Å². The lowest BCUT2D eigenvalue weighted by molar-refractivity contribution is 0.0992. The average Bonchev–Trinajstić information content (AvgIpc) is 3.00. The first kappa shape index (κ1) is 14.5. The summed E-state index contributed by atoms with van der Waals surface area (Å²) in [6.45, 7) is 1.90. The lowest BCUT2D eigenvalue weighted by Gasteiger charge is -1.99. The van der Waals surface area contributed by atoms with Gasteiger partial charge in [-0.25, -0.2) is 0 Å². The van der Waals surface area contributed by atoms with Gasteiger partial charge in [-0.3, -0.25) is 9.48 Å². The Hall–Kier alpha value is -2.41. The fourth-order valence-electron chi connectivity index (χ4n) is 2.16. The molecular weight excluding hydrogens is 300 g/mol. The number of rotatable bonds is 2.